The minimum Gasteiger partial charge on any atom is -0.492 e. The number of halogens is 4. The van der Waals surface area contributed by atoms with Crippen LogP contribution in [0.4, 0.5) is 18.9 Å². The molecule has 3 N–H and O–H groups in total. The third kappa shape index (κ3) is 6.05. The smallest absolute Gasteiger partial charge is 0.416 e. The molecule has 1 atom stereocenters. The van der Waals surface area contributed by atoms with Crippen LogP contribution in [0.3, 0.4) is 0 Å². The van der Waals surface area contributed by atoms with Gasteiger partial charge in [-0.1, -0.05) is 17.7 Å². The number of nitrogens with two attached hydrogens (primary N) is 1. The number of amides is 2. The molecule has 1 saturated heterocycles. The van der Waals surface area contributed by atoms with Crippen molar-refractivity contribution >= 4 is 29.1 Å². The van der Waals surface area contributed by atoms with Gasteiger partial charge in [-0.05, 0) is 55.8 Å². The molecule has 1 unspecified atom stereocenters. The summed E-state index contributed by atoms with van der Waals surface area (Å²) in [6.45, 7) is 1.50. The van der Waals surface area contributed by atoms with Crippen molar-refractivity contribution in [3.05, 3.63) is 64.8 Å². The molecule has 1 aliphatic heterocycles. The van der Waals surface area contributed by atoms with Crippen molar-refractivity contribution in [3.8, 4) is 17.0 Å². The summed E-state index contributed by atoms with van der Waals surface area (Å²) in [5, 5.41) is 7.13. The molecule has 8 nitrogen and oxygen atoms in total. The highest BCUT2D eigenvalue weighted by atomic mass is 35.5. The van der Waals surface area contributed by atoms with Crippen LogP contribution in [0.5, 0.6) is 5.75 Å². The van der Waals surface area contributed by atoms with Crippen LogP contribution in [0.25, 0.3) is 11.3 Å². The number of primary amides is 1. The second-order valence-corrected chi connectivity index (χ2v) is 9.06. The summed E-state index contributed by atoms with van der Waals surface area (Å²) in [7, 11) is 1.70. The second-order valence-electron chi connectivity index (χ2n) is 8.65. The molecular formula is C25H25ClF3N5O3. The number of alkyl halides is 3. The first kappa shape index (κ1) is 26.5. The molecule has 0 bridgehead atoms. The molecule has 1 fully saturated rings. The topological polar surface area (TPSA) is 102 Å². The van der Waals surface area contributed by atoms with Gasteiger partial charge >= 0.3 is 6.18 Å². The van der Waals surface area contributed by atoms with Gasteiger partial charge in [-0.3, -0.25) is 19.2 Å². The van der Waals surface area contributed by atoms with Gasteiger partial charge < -0.3 is 15.8 Å². The fraction of sp³-hybridized carbons (Fsp3) is 0.320. The summed E-state index contributed by atoms with van der Waals surface area (Å²) in [5.41, 5.74) is 5.82. The van der Waals surface area contributed by atoms with Crippen molar-refractivity contribution in [2.24, 2.45) is 12.8 Å². The van der Waals surface area contributed by atoms with E-state index in [2.05, 4.69) is 10.4 Å². The van der Waals surface area contributed by atoms with Crippen molar-refractivity contribution in [1.82, 2.24) is 14.7 Å². The molecule has 37 heavy (non-hydrogen) atoms. The van der Waals surface area contributed by atoms with Crippen molar-refractivity contribution in [2.75, 3.05) is 25.0 Å². The summed E-state index contributed by atoms with van der Waals surface area (Å²) in [4.78, 5) is 26.3. The standard InChI is InChI=1S/C25H25ClF3N5O3/c1-33-22(19(26)14-31-33)18-13-17(32-24(36)15-4-2-5-16(12-15)25(27,28)29)7-8-21(18)37-11-10-34-9-3-6-20(34)23(30)35/h2,4-5,7-8,12-14,20H,3,6,9-11H2,1H3,(H2,30,35)(H,32,36). The van der Waals surface area contributed by atoms with Gasteiger partial charge in [0.1, 0.15) is 12.4 Å². The van der Waals surface area contributed by atoms with Crippen LogP contribution in [-0.2, 0) is 18.0 Å². The van der Waals surface area contributed by atoms with Gasteiger partial charge in [0, 0.05) is 30.4 Å². The zero-order chi connectivity index (χ0) is 26.7. The molecule has 2 aromatic carbocycles. The molecule has 4 rings (SSSR count). The lowest BCUT2D eigenvalue weighted by Gasteiger charge is -2.22. The molecule has 3 aromatic rings. The number of ether oxygens (including phenoxy) is 1. The molecule has 12 heteroatoms. The van der Waals surface area contributed by atoms with Gasteiger partial charge in [0.15, 0.2) is 0 Å². The van der Waals surface area contributed by atoms with E-state index in [1.54, 1.807) is 29.9 Å². The second kappa shape index (κ2) is 10.8. The number of hydrogen-bond acceptors (Lipinski definition) is 5. The predicted molar refractivity (Wildman–Crippen MR) is 132 cm³/mol. The minimum absolute atomic E-state index is 0.134. The Labute approximate surface area is 216 Å². The van der Waals surface area contributed by atoms with Gasteiger partial charge in [0.05, 0.1) is 28.5 Å². The average Bonchev–Trinajstić information content (AvgIpc) is 3.45. The van der Waals surface area contributed by atoms with E-state index in [1.165, 1.54) is 18.3 Å². The zero-order valence-corrected chi connectivity index (χ0v) is 20.6. The molecule has 2 heterocycles. The summed E-state index contributed by atoms with van der Waals surface area (Å²) in [5.74, 6) is -0.605. The van der Waals surface area contributed by atoms with E-state index in [9.17, 15) is 22.8 Å². The number of hydrogen-bond donors (Lipinski definition) is 2. The first-order chi connectivity index (χ1) is 17.5. The minimum atomic E-state index is -4.56. The third-order valence-electron chi connectivity index (χ3n) is 6.17. The van der Waals surface area contributed by atoms with Gasteiger partial charge in [-0.2, -0.15) is 18.3 Å². The number of anilines is 1. The molecular weight excluding hydrogens is 511 g/mol. The first-order valence-electron chi connectivity index (χ1n) is 11.5. The van der Waals surface area contributed by atoms with E-state index in [0.717, 1.165) is 25.1 Å². The summed E-state index contributed by atoms with van der Waals surface area (Å²) >= 11 is 6.36. The van der Waals surface area contributed by atoms with Gasteiger partial charge in [-0.15, -0.1) is 0 Å². The normalized spacial score (nSPS) is 16.1. The van der Waals surface area contributed by atoms with Crippen LogP contribution in [0, 0.1) is 0 Å². The van der Waals surface area contributed by atoms with E-state index in [4.69, 9.17) is 22.1 Å². The lowest BCUT2D eigenvalue weighted by atomic mass is 10.1. The van der Waals surface area contributed by atoms with Crippen molar-refractivity contribution in [2.45, 2.75) is 25.1 Å². The molecule has 0 spiro atoms. The van der Waals surface area contributed by atoms with E-state index in [1.807, 2.05) is 4.90 Å². The number of rotatable bonds is 8. The Kier molecular flexibility index (Phi) is 7.74. The number of likely N-dealkylation sites (tertiary alicyclic amines) is 1. The van der Waals surface area contributed by atoms with Crippen LogP contribution in [0.2, 0.25) is 5.02 Å². The number of nitrogens with zero attached hydrogens (tertiary/aromatic N) is 3. The number of carbonyl (C=O) groups excluding carboxylic acids is 2. The number of aromatic nitrogens is 2. The Balaban J connectivity index is 1.56. The largest absolute Gasteiger partial charge is 0.492 e. The number of benzene rings is 2. The fourth-order valence-corrected chi connectivity index (χ4v) is 4.63. The summed E-state index contributed by atoms with van der Waals surface area (Å²) < 4.78 is 46.7. The monoisotopic (exact) mass is 535 g/mol. The van der Waals surface area contributed by atoms with E-state index >= 15 is 0 Å². The van der Waals surface area contributed by atoms with E-state index < -0.39 is 17.6 Å². The average molecular weight is 536 g/mol. The molecule has 0 radical (unpaired) electrons. The lowest BCUT2D eigenvalue weighted by Crippen LogP contribution is -2.42. The Morgan fingerprint density at radius 1 is 1.24 bits per heavy atom. The number of aryl methyl sites for hydroxylation is 1. The maximum atomic E-state index is 13.1. The summed E-state index contributed by atoms with van der Waals surface area (Å²) in [6, 6.07) is 8.70. The third-order valence-corrected chi connectivity index (χ3v) is 6.44. The Morgan fingerprint density at radius 2 is 2.03 bits per heavy atom. The maximum absolute atomic E-state index is 13.1. The van der Waals surface area contributed by atoms with Crippen LogP contribution in [0.1, 0.15) is 28.8 Å². The van der Waals surface area contributed by atoms with Crippen molar-refractivity contribution in [1.29, 1.82) is 0 Å². The first-order valence-corrected chi connectivity index (χ1v) is 11.9. The fourth-order valence-electron chi connectivity index (χ4n) is 4.36. The maximum Gasteiger partial charge on any atom is 0.416 e. The van der Waals surface area contributed by atoms with Gasteiger partial charge in [0.2, 0.25) is 5.91 Å². The summed E-state index contributed by atoms with van der Waals surface area (Å²) in [6.07, 6.45) is -1.50. The molecule has 0 aliphatic carbocycles. The zero-order valence-electron chi connectivity index (χ0n) is 19.9. The number of nitrogens with one attached hydrogen (secondary N) is 1. The molecule has 196 valence electrons. The van der Waals surface area contributed by atoms with E-state index in [-0.39, 0.29) is 24.1 Å². The Bertz CT molecular complexity index is 1290. The molecule has 1 aliphatic rings. The highest BCUT2D eigenvalue weighted by Crippen LogP contribution is 2.37. The van der Waals surface area contributed by atoms with E-state index in [0.29, 0.717) is 40.7 Å². The highest BCUT2D eigenvalue weighted by molar-refractivity contribution is 6.33. The van der Waals surface area contributed by atoms with Crippen LogP contribution >= 0.6 is 11.6 Å². The van der Waals surface area contributed by atoms with Gasteiger partial charge in [0.25, 0.3) is 5.91 Å². The predicted octanol–water partition coefficient (Wildman–Crippen LogP) is 4.34. The molecule has 0 saturated carbocycles. The van der Waals surface area contributed by atoms with Crippen molar-refractivity contribution in [3.63, 3.8) is 0 Å². The highest BCUT2D eigenvalue weighted by Gasteiger charge is 2.31. The van der Waals surface area contributed by atoms with Crippen LogP contribution < -0.4 is 15.8 Å². The Hall–Kier alpha value is -3.57. The van der Waals surface area contributed by atoms with Crippen LogP contribution in [0.15, 0.2) is 48.7 Å². The lowest BCUT2D eigenvalue weighted by molar-refractivity contribution is -0.137. The van der Waals surface area contributed by atoms with Crippen LogP contribution in [-0.4, -0.2) is 52.2 Å². The van der Waals surface area contributed by atoms with Gasteiger partial charge in [-0.25, -0.2) is 0 Å². The molecule has 1 aromatic heterocycles. The quantitative estimate of drug-likeness (QED) is 0.447. The molecule has 2 amide bonds. The SMILES string of the molecule is Cn1ncc(Cl)c1-c1cc(NC(=O)c2cccc(C(F)(F)F)c2)ccc1OCCN1CCCC1C(N)=O. The Morgan fingerprint density at radius 3 is 2.70 bits per heavy atom. The number of carbonyl (C=O) groups is 2. The van der Waals surface area contributed by atoms with Crippen molar-refractivity contribution < 1.29 is 27.5 Å².